The normalized spacial score (nSPS) is 17.4. The van der Waals surface area contributed by atoms with Crippen molar-refractivity contribution in [2.75, 3.05) is 29.9 Å². The van der Waals surface area contributed by atoms with Gasteiger partial charge in [0.25, 0.3) is 0 Å². The van der Waals surface area contributed by atoms with Crippen molar-refractivity contribution in [3.05, 3.63) is 32.0 Å². The maximum absolute atomic E-state index is 13.0. The van der Waals surface area contributed by atoms with Crippen LogP contribution in [-0.2, 0) is 37.0 Å². The molecular weight excluding hydrogens is 454 g/mol. The number of nitrogens with one attached hydrogen (secondary N) is 2. The Morgan fingerprint density at radius 2 is 1.58 bits per heavy atom. The first-order valence-corrected chi connectivity index (χ1v) is 14.0. The molecular formula is C25H33N3O3S2. The van der Waals surface area contributed by atoms with E-state index in [2.05, 4.69) is 15.5 Å². The number of carbonyl (C=O) groups excluding carboxylic acids is 2. The lowest BCUT2D eigenvalue weighted by molar-refractivity contribution is 0.0526. The number of thiophene rings is 2. The molecule has 0 spiro atoms. The Hall–Kier alpha value is -2.06. The summed E-state index contributed by atoms with van der Waals surface area (Å²) < 4.78 is 5.32. The second-order valence-corrected chi connectivity index (χ2v) is 11.3. The monoisotopic (exact) mass is 487 g/mol. The molecule has 2 N–H and O–H groups in total. The number of aryl methyl sites for hydroxylation is 2. The molecule has 5 rings (SSSR count). The molecule has 3 heterocycles. The molecule has 8 heteroatoms. The standard InChI is InChI=1S/C25H33N3O3S2/c1-2-31-24(29)21-17-10-4-6-12-20(17)32-22(21)27-25(30)26-15-18-16-9-3-5-11-19(16)33-23(18)28-13-7-8-14-28/h2-15H2,1H3,(H2,26,27,30). The third-order valence-corrected chi connectivity index (χ3v) is 9.56. The van der Waals surface area contributed by atoms with Crippen molar-refractivity contribution >= 4 is 44.7 Å². The highest BCUT2D eigenvalue weighted by Crippen LogP contribution is 2.42. The van der Waals surface area contributed by atoms with E-state index in [0.717, 1.165) is 57.2 Å². The molecule has 6 nitrogen and oxygen atoms in total. The van der Waals surface area contributed by atoms with Crippen molar-refractivity contribution in [3.8, 4) is 0 Å². The van der Waals surface area contributed by atoms with Crippen LogP contribution < -0.4 is 15.5 Å². The molecule has 33 heavy (non-hydrogen) atoms. The van der Waals surface area contributed by atoms with Crippen molar-refractivity contribution in [1.29, 1.82) is 0 Å². The van der Waals surface area contributed by atoms with Gasteiger partial charge < -0.3 is 15.0 Å². The number of anilines is 2. The second kappa shape index (κ2) is 10.1. The maximum atomic E-state index is 13.0. The fourth-order valence-corrected chi connectivity index (χ4v) is 8.09. The maximum Gasteiger partial charge on any atom is 0.341 e. The van der Waals surface area contributed by atoms with Gasteiger partial charge >= 0.3 is 12.0 Å². The molecule has 0 saturated carbocycles. The van der Waals surface area contributed by atoms with E-state index in [-0.39, 0.29) is 12.0 Å². The second-order valence-electron chi connectivity index (χ2n) is 9.13. The van der Waals surface area contributed by atoms with Crippen molar-refractivity contribution < 1.29 is 14.3 Å². The average molecular weight is 488 g/mol. The molecule has 0 aromatic carbocycles. The van der Waals surface area contributed by atoms with Crippen LogP contribution in [0.15, 0.2) is 0 Å². The van der Waals surface area contributed by atoms with Gasteiger partial charge in [-0.25, -0.2) is 9.59 Å². The predicted molar refractivity (Wildman–Crippen MR) is 135 cm³/mol. The van der Waals surface area contributed by atoms with E-state index >= 15 is 0 Å². The Kier molecular flexibility index (Phi) is 6.92. The summed E-state index contributed by atoms with van der Waals surface area (Å²) in [5, 5.41) is 8.10. The zero-order chi connectivity index (χ0) is 22.8. The number of urea groups is 1. The lowest BCUT2D eigenvalue weighted by Crippen LogP contribution is -2.30. The highest BCUT2D eigenvalue weighted by atomic mass is 32.1. The van der Waals surface area contributed by atoms with Gasteiger partial charge in [0.15, 0.2) is 0 Å². The van der Waals surface area contributed by atoms with Crippen molar-refractivity contribution in [2.45, 2.75) is 77.7 Å². The number of carbonyl (C=O) groups is 2. The lowest BCUT2D eigenvalue weighted by atomic mass is 9.95. The van der Waals surface area contributed by atoms with Gasteiger partial charge in [0, 0.05) is 35.0 Å². The third kappa shape index (κ3) is 4.64. The number of fused-ring (bicyclic) bond motifs is 2. The Balaban J connectivity index is 1.33. The molecule has 3 aliphatic rings. The zero-order valence-corrected chi connectivity index (χ0v) is 21.0. The minimum Gasteiger partial charge on any atom is -0.462 e. The minimum absolute atomic E-state index is 0.248. The first-order valence-electron chi connectivity index (χ1n) is 12.4. The van der Waals surface area contributed by atoms with E-state index in [1.54, 1.807) is 0 Å². The number of rotatable bonds is 6. The van der Waals surface area contributed by atoms with Crippen LogP contribution in [0.5, 0.6) is 0 Å². The van der Waals surface area contributed by atoms with E-state index < -0.39 is 0 Å². The summed E-state index contributed by atoms with van der Waals surface area (Å²) in [6, 6.07) is -0.248. The highest BCUT2D eigenvalue weighted by molar-refractivity contribution is 7.17. The van der Waals surface area contributed by atoms with Crippen molar-refractivity contribution in [1.82, 2.24) is 5.32 Å². The number of hydrogen-bond donors (Lipinski definition) is 2. The molecule has 1 fully saturated rings. The van der Waals surface area contributed by atoms with E-state index in [4.69, 9.17) is 4.74 Å². The summed E-state index contributed by atoms with van der Waals surface area (Å²) in [5.41, 5.74) is 4.41. The quantitative estimate of drug-likeness (QED) is 0.516. The summed E-state index contributed by atoms with van der Waals surface area (Å²) in [4.78, 5) is 30.9. The lowest BCUT2D eigenvalue weighted by Gasteiger charge is -2.19. The average Bonchev–Trinajstić information content (AvgIpc) is 3.54. The predicted octanol–water partition coefficient (Wildman–Crippen LogP) is 5.67. The summed E-state index contributed by atoms with van der Waals surface area (Å²) in [6.07, 6.45) is 11.3. The molecule has 2 amide bonds. The Morgan fingerprint density at radius 1 is 0.909 bits per heavy atom. The highest BCUT2D eigenvalue weighted by Gasteiger charge is 2.28. The van der Waals surface area contributed by atoms with Crippen LogP contribution in [0.3, 0.4) is 0 Å². The topological polar surface area (TPSA) is 70.7 Å². The van der Waals surface area contributed by atoms with E-state index in [1.165, 1.54) is 62.9 Å². The number of ether oxygens (including phenoxy) is 1. The smallest absolute Gasteiger partial charge is 0.341 e. The molecule has 2 aromatic heterocycles. The van der Waals surface area contributed by atoms with E-state index in [0.29, 0.717) is 23.7 Å². The molecule has 0 atom stereocenters. The molecule has 178 valence electrons. The van der Waals surface area contributed by atoms with Crippen LogP contribution in [0.25, 0.3) is 0 Å². The van der Waals surface area contributed by atoms with Gasteiger partial charge in [0.2, 0.25) is 0 Å². The van der Waals surface area contributed by atoms with Crippen molar-refractivity contribution in [3.63, 3.8) is 0 Å². The molecule has 1 saturated heterocycles. The number of esters is 1. The van der Waals surface area contributed by atoms with Crippen molar-refractivity contribution in [2.24, 2.45) is 0 Å². The van der Waals surface area contributed by atoms with E-state index in [1.807, 2.05) is 18.3 Å². The van der Waals surface area contributed by atoms with Crippen LogP contribution in [0.4, 0.5) is 14.8 Å². The number of amides is 2. The summed E-state index contributed by atoms with van der Waals surface area (Å²) >= 11 is 3.48. The molecule has 2 aromatic rings. The van der Waals surface area contributed by atoms with Gasteiger partial charge in [0.1, 0.15) is 5.00 Å². The van der Waals surface area contributed by atoms with Gasteiger partial charge in [-0.15, -0.1) is 22.7 Å². The fourth-order valence-electron chi connectivity index (χ4n) is 5.36. The first kappa shape index (κ1) is 22.7. The van der Waals surface area contributed by atoms with Gasteiger partial charge in [-0.2, -0.15) is 0 Å². The number of nitrogens with zero attached hydrogens (tertiary/aromatic N) is 1. The van der Waals surface area contributed by atoms with Crippen LogP contribution in [-0.4, -0.2) is 31.7 Å². The number of hydrogen-bond acceptors (Lipinski definition) is 6. The van der Waals surface area contributed by atoms with Gasteiger partial charge in [-0.3, -0.25) is 5.32 Å². The minimum atomic E-state index is -0.324. The van der Waals surface area contributed by atoms with Crippen LogP contribution in [0, 0.1) is 0 Å². The first-order chi connectivity index (χ1) is 16.2. The SMILES string of the molecule is CCOC(=O)c1c(NC(=O)NCc2c(N3CCCC3)sc3c2CCCC3)sc2c1CCCC2. The van der Waals surface area contributed by atoms with Crippen LogP contribution >= 0.6 is 22.7 Å². The Labute approximate surface area is 203 Å². The summed E-state index contributed by atoms with van der Waals surface area (Å²) in [7, 11) is 0. The zero-order valence-electron chi connectivity index (χ0n) is 19.4. The third-order valence-electron chi connectivity index (χ3n) is 6.96. The van der Waals surface area contributed by atoms with Crippen LogP contribution in [0.1, 0.15) is 82.3 Å². The summed E-state index contributed by atoms with van der Waals surface area (Å²) in [6.45, 7) is 4.90. The van der Waals surface area contributed by atoms with Gasteiger partial charge in [-0.05, 0) is 82.3 Å². The fraction of sp³-hybridized carbons (Fsp3) is 0.600. The van der Waals surface area contributed by atoms with Crippen LogP contribution in [0.2, 0.25) is 0 Å². The van der Waals surface area contributed by atoms with Gasteiger partial charge in [0.05, 0.1) is 17.2 Å². The summed E-state index contributed by atoms with van der Waals surface area (Å²) in [5.74, 6) is -0.324. The van der Waals surface area contributed by atoms with E-state index in [9.17, 15) is 9.59 Å². The largest absolute Gasteiger partial charge is 0.462 e. The van der Waals surface area contributed by atoms with Gasteiger partial charge in [-0.1, -0.05) is 0 Å². The Morgan fingerprint density at radius 3 is 2.30 bits per heavy atom. The Bertz CT molecular complexity index is 1040. The molecule has 1 aliphatic heterocycles. The molecule has 0 radical (unpaired) electrons. The molecule has 0 bridgehead atoms. The molecule has 2 aliphatic carbocycles. The molecule has 0 unspecified atom stereocenters.